The number of pyridine rings is 1. The molecule has 1 N–H and O–H groups in total. The van der Waals surface area contributed by atoms with Crippen LogP contribution in [0, 0.1) is 6.92 Å². The van der Waals surface area contributed by atoms with E-state index in [9.17, 15) is 9.59 Å². The highest BCUT2D eigenvalue weighted by Crippen LogP contribution is 2.33. The predicted molar refractivity (Wildman–Crippen MR) is 95.5 cm³/mol. The summed E-state index contributed by atoms with van der Waals surface area (Å²) in [5, 5.41) is 0. The van der Waals surface area contributed by atoms with Crippen LogP contribution in [0.5, 0.6) is 5.88 Å². The van der Waals surface area contributed by atoms with E-state index in [4.69, 9.17) is 4.74 Å². The van der Waals surface area contributed by atoms with Crippen molar-refractivity contribution < 1.29 is 14.3 Å². The van der Waals surface area contributed by atoms with Crippen molar-refractivity contribution in [3.8, 4) is 5.88 Å². The Labute approximate surface area is 147 Å². The minimum atomic E-state index is -0.150. The minimum absolute atomic E-state index is 0.0198. The van der Waals surface area contributed by atoms with E-state index in [1.54, 1.807) is 24.1 Å². The van der Waals surface area contributed by atoms with Crippen molar-refractivity contribution >= 4 is 17.4 Å². The molecule has 1 aliphatic rings. The molecule has 1 aliphatic heterocycles. The summed E-state index contributed by atoms with van der Waals surface area (Å²) in [6.07, 6.45) is 3.04. The summed E-state index contributed by atoms with van der Waals surface area (Å²) in [5.74, 6) is 0.291. The summed E-state index contributed by atoms with van der Waals surface area (Å²) >= 11 is 0. The predicted octanol–water partition coefficient (Wildman–Crippen LogP) is 3.30. The Morgan fingerprint density at radius 1 is 1.44 bits per heavy atom. The lowest BCUT2D eigenvalue weighted by Gasteiger charge is -2.32. The van der Waals surface area contributed by atoms with E-state index in [-0.39, 0.29) is 17.8 Å². The molecule has 3 heterocycles. The number of hydrogen-bond donors (Lipinski definition) is 1. The third-order valence-corrected chi connectivity index (χ3v) is 4.40. The summed E-state index contributed by atoms with van der Waals surface area (Å²) in [7, 11) is 0. The van der Waals surface area contributed by atoms with Crippen LogP contribution in [0.2, 0.25) is 0 Å². The van der Waals surface area contributed by atoms with Crippen LogP contribution in [-0.2, 0) is 6.42 Å². The first kappa shape index (κ1) is 17.2. The summed E-state index contributed by atoms with van der Waals surface area (Å²) in [6.45, 7) is 7.77. The van der Waals surface area contributed by atoms with Gasteiger partial charge < -0.3 is 9.72 Å². The molecule has 0 saturated heterocycles. The molecule has 6 heteroatoms. The van der Waals surface area contributed by atoms with Gasteiger partial charge in [-0.3, -0.25) is 14.5 Å². The smallest absolute Gasteiger partial charge is 0.275 e. The van der Waals surface area contributed by atoms with Crippen LogP contribution in [0.25, 0.3) is 0 Å². The number of carbonyl (C=O) groups excluding carboxylic acids is 2. The molecular weight excluding hydrogens is 318 g/mol. The number of aryl methyl sites for hydroxylation is 1. The highest BCUT2D eigenvalue weighted by Gasteiger charge is 2.32. The second-order valence-electron chi connectivity index (χ2n) is 6.46. The van der Waals surface area contributed by atoms with Crippen LogP contribution in [0.3, 0.4) is 0 Å². The Morgan fingerprint density at radius 3 is 2.88 bits per heavy atom. The summed E-state index contributed by atoms with van der Waals surface area (Å²) < 4.78 is 5.72. The van der Waals surface area contributed by atoms with Gasteiger partial charge >= 0.3 is 0 Å². The van der Waals surface area contributed by atoms with Crippen LogP contribution < -0.4 is 9.64 Å². The third-order valence-electron chi connectivity index (χ3n) is 4.40. The van der Waals surface area contributed by atoms with Crippen molar-refractivity contribution in [2.24, 2.45) is 0 Å². The van der Waals surface area contributed by atoms with Gasteiger partial charge in [0.25, 0.3) is 5.91 Å². The van der Waals surface area contributed by atoms with Crippen LogP contribution in [0.1, 0.15) is 59.3 Å². The molecule has 1 atom stereocenters. The maximum atomic E-state index is 13.3. The SMILES string of the molecule is CCCc1c(C(=O)N2C[C@@H](C)Oc3ncccc32)[nH]c(C)c1C(C)=O. The van der Waals surface area contributed by atoms with Crippen LogP contribution in [-0.4, -0.2) is 34.3 Å². The summed E-state index contributed by atoms with van der Waals surface area (Å²) in [4.78, 5) is 34.4. The van der Waals surface area contributed by atoms with E-state index in [2.05, 4.69) is 9.97 Å². The lowest BCUT2D eigenvalue weighted by molar-refractivity contribution is 0.0953. The fourth-order valence-corrected chi connectivity index (χ4v) is 3.42. The van der Waals surface area contributed by atoms with Gasteiger partial charge in [-0.15, -0.1) is 0 Å². The molecule has 6 nitrogen and oxygen atoms in total. The van der Waals surface area contributed by atoms with Gasteiger partial charge in [0.05, 0.1) is 6.54 Å². The molecule has 132 valence electrons. The van der Waals surface area contributed by atoms with Crippen LogP contribution in [0.15, 0.2) is 18.3 Å². The molecule has 0 unspecified atom stereocenters. The number of amides is 1. The number of nitrogens with one attached hydrogen (secondary N) is 1. The zero-order valence-corrected chi connectivity index (χ0v) is 15.0. The summed E-state index contributed by atoms with van der Waals surface area (Å²) in [6, 6.07) is 3.61. The normalized spacial score (nSPS) is 16.3. The molecule has 3 rings (SSSR count). The molecule has 0 spiro atoms. The number of Topliss-reactive ketones (excluding diaryl/α,β-unsaturated/α-hetero) is 1. The van der Waals surface area contributed by atoms with Gasteiger partial charge in [-0.05, 0) is 44.9 Å². The number of ketones is 1. The number of hydrogen-bond acceptors (Lipinski definition) is 4. The number of H-pyrrole nitrogens is 1. The number of fused-ring (bicyclic) bond motifs is 1. The Morgan fingerprint density at radius 2 is 2.20 bits per heavy atom. The number of nitrogens with zero attached hydrogens (tertiary/aromatic N) is 2. The lowest BCUT2D eigenvalue weighted by Crippen LogP contribution is -2.43. The Bertz CT molecular complexity index is 825. The molecule has 0 bridgehead atoms. The monoisotopic (exact) mass is 341 g/mol. The molecule has 25 heavy (non-hydrogen) atoms. The summed E-state index contributed by atoms with van der Waals surface area (Å²) in [5.41, 5.74) is 3.34. The van der Waals surface area contributed by atoms with E-state index < -0.39 is 0 Å². The van der Waals surface area contributed by atoms with Gasteiger partial charge in [0.2, 0.25) is 5.88 Å². The maximum Gasteiger partial charge on any atom is 0.275 e. The van der Waals surface area contributed by atoms with E-state index in [1.807, 2.05) is 26.8 Å². The number of carbonyl (C=O) groups is 2. The topological polar surface area (TPSA) is 75.3 Å². The number of ether oxygens (including phenoxy) is 1. The van der Waals surface area contributed by atoms with E-state index >= 15 is 0 Å². The van der Waals surface area contributed by atoms with Crippen molar-refractivity contribution in [1.82, 2.24) is 9.97 Å². The zero-order valence-electron chi connectivity index (χ0n) is 15.0. The molecule has 2 aromatic rings. The van der Waals surface area contributed by atoms with Gasteiger partial charge in [-0.25, -0.2) is 4.98 Å². The number of rotatable bonds is 4. The zero-order chi connectivity index (χ0) is 18.1. The third kappa shape index (κ3) is 3.04. The average molecular weight is 341 g/mol. The average Bonchev–Trinajstić information content (AvgIpc) is 2.90. The van der Waals surface area contributed by atoms with Gasteiger partial charge in [0.1, 0.15) is 17.5 Å². The first-order chi connectivity index (χ1) is 11.9. The molecule has 2 aromatic heterocycles. The quantitative estimate of drug-likeness (QED) is 0.866. The van der Waals surface area contributed by atoms with E-state index in [0.29, 0.717) is 35.8 Å². The number of anilines is 1. The maximum absolute atomic E-state index is 13.3. The molecule has 0 saturated carbocycles. The highest BCUT2D eigenvalue weighted by molar-refractivity contribution is 6.09. The molecule has 0 aromatic carbocycles. The molecule has 0 aliphatic carbocycles. The Kier molecular flexibility index (Phi) is 4.61. The molecule has 0 radical (unpaired) electrons. The van der Waals surface area contributed by atoms with E-state index in [1.165, 1.54) is 0 Å². The van der Waals surface area contributed by atoms with Crippen molar-refractivity contribution in [3.05, 3.63) is 40.8 Å². The fourth-order valence-electron chi connectivity index (χ4n) is 3.42. The van der Waals surface area contributed by atoms with Crippen molar-refractivity contribution in [1.29, 1.82) is 0 Å². The molecule has 1 amide bonds. The van der Waals surface area contributed by atoms with Gasteiger partial charge in [0, 0.05) is 17.5 Å². The second kappa shape index (κ2) is 6.70. The number of aromatic nitrogens is 2. The van der Waals surface area contributed by atoms with Crippen molar-refractivity contribution in [3.63, 3.8) is 0 Å². The lowest BCUT2D eigenvalue weighted by atomic mass is 10.0. The Balaban J connectivity index is 2.07. The van der Waals surface area contributed by atoms with Gasteiger partial charge in [0.15, 0.2) is 5.78 Å². The number of aromatic amines is 1. The Hall–Kier alpha value is -2.63. The first-order valence-electron chi connectivity index (χ1n) is 8.59. The molecular formula is C19H23N3O3. The van der Waals surface area contributed by atoms with Gasteiger partial charge in [-0.1, -0.05) is 13.3 Å². The first-order valence-corrected chi connectivity index (χ1v) is 8.59. The van der Waals surface area contributed by atoms with Gasteiger partial charge in [-0.2, -0.15) is 0 Å². The van der Waals surface area contributed by atoms with Crippen molar-refractivity contribution in [2.45, 2.75) is 46.6 Å². The largest absolute Gasteiger partial charge is 0.471 e. The molecule has 0 fully saturated rings. The van der Waals surface area contributed by atoms with Crippen LogP contribution in [0.4, 0.5) is 5.69 Å². The minimum Gasteiger partial charge on any atom is -0.471 e. The fraction of sp³-hybridized carbons (Fsp3) is 0.421. The standard InChI is InChI=1S/C19H23N3O3/c1-5-7-14-16(13(4)23)12(3)21-17(14)19(24)22-10-11(2)25-18-15(22)8-6-9-20-18/h6,8-9,11,21H,5,7,10H2,1-4H3/t11-/m1/s1. The van der Waals surface area contributed by atoms with Crippen LogP contribution >= 0.6 is 0 Å². The second-order valence-corrected chi connectivity index (χ2v) is 6.46. The highest BCUT2D eigenvalue weighted by atomic mass is 16.5. The van der Waals surface area contributed by atoms with Crippen molar-refractivity contribution in [2.75, 3.05) is 11.4 Å². The van der Waals surface area contributed by atoms with E-state index in [0.717, 1.165) is 17.7 Å².